The molecule has 0 spiro atoms. The van der Waals surface area contributed by atoms with Gasteiger partial charge >= 0.3 is 5.97 Å². The van der Waals surface area contributed by atoms with Crippen LogP contribution in [0.5, 0.6) is 0 Å². The van der Waals surface area contributed by atoms with Crippen LogP contribution in [0.2, 0.25) is 0 Å². The van der Waals surface area contributed by atoms with Gasteiger partial charge in [-0.15, -0.1) is 12.6 Å². The lowest BCUT2D eigenvalue weighted by Crippen LogP contribution is -2.70. The first-order chi connectivity index (χ1) is 15.3. The topological polar surface area (TPSA) is 89.9 Å². The van der Waals surface area contributed by atoms with Crippen molar-refractivity contribution in [3.8, 4) is 0 Å². The number of allylic oxidation sites excluding steroid dienone is 4. The number of hydrogen-bond donors (Lipinski definition) is 2. The second-order valence-corrected chi connectivity index (χ2v) is 10.9. The molecule has 0 aliphatic heterocycles. The highest BCUT2D eigenvalue weighted by Crippen LogP contribution is 2.71. The average Bonchev–Trinajstić information content (AvgIpc) is 2.94. The lowest BCUT2D eigenvalue weighted by Gasteiger charge is -2.63. The number of aliphatic hydroxyl groups is 1. The van der Waals surface area contributed by atoms with E-state index in [1.54, 1.807) is 13.8 Å². The van der Waals surface area contributed by atoms with Crippen LogP contribution >= 0.6 is 12.6 Å². The number of aliphatic hydroxyl groups excluding tert-OH is 1. The summed E-state index contributed by atoms with van der Waals surface area (Å²) in [5.74, 6) is -3.27. The molecule has 0 heterocycles. The van der Waals surface area contributed by atoms with E-state index in [9.17, 15) is 19.5 Å². The molecule has 4 aliphatic carbocycles. The maximum Gasteiger partial charge on any atom is 0.333 e. The molecule has 0 aromatic carbocycles. The summed E-state index contributed by atoms with van der Waals surface area (Å²) in [5, 5.41) is 10.6. The number of hydrogen-bond acceptors (Lipinski definition) is 6. The Labute approximate surface area is 197 Å². The van der Waals surface area contributed by atoms with E-state index in [1.165, 1.54) is 26.2 Å². The van der Waals surface area contributed by atoms with Crippen molar-refractivity contribution in [1.82, 2.24) is 0 Å². The SMILES string of the molecule is COCC(=O)O[C@]1(C(=O)S)[C@H](C)C[C@H]2[C@@H]3C[C@H](F)C4=CC(=O)C=C[C@]4(C)[C@@]3(F)[C@@H](O)C[C@@]21C. The maximum absolute atomic E-state index is 17.2. The van der Waals surface area contributed by atoms with Crippen molar-refractivity contribution in [1.29, 1.82) is 0 Å². The summed E-state index contributed by atoms with van der Waals surface area (Å²) >= 11 is 4.07. The minimum Gasteiger partial charge on any atom is -0.447 e. The molecule has 9 heteroatoms. The molecule has 6 nitrogen and oxygen atoms in total. The number of ketones is 1. The molecule has 0 radical (unpaired) electrons. The molecule has 4 aliphatic rings. The zero-order chi connectivity index (χ0) is 24.6. The second kappa shape index (κ2) is 7.71. The number of ether oxygens (including phenoxy) is 2. The zero-order valence-corrected chi connectivity index (χ0v) is 20.0. The molecular weight excluding hydrogens is 454 g/mol. The van der Waals surface area contributed by atoms with Crippen LogP contribution in [0, 0.1) is 28.6 Å². The molecule has 0 amide bonds. The van der Waals surface area contributed by atoms with Crippen LogP contribution in [0.1, 0.15) is 40.0 Å². The highest BCUT2D eigenvalue weighted by atomic mass is 32.1. The summed E-state index contributed by atoms with van der Waals surface area (Å²) in [6.45, 7) is 4.55. The van der Waals surface area contributed by atoms with Crippen LogP contribution in [0.25, 0.3) is 0 Å². The fourth-order valence-corrected chi connectivity index (χ4v) is 8.09. The molecule has 9 atom stereocenters. The third-order valence-corrected chi connectivity index (χ3v) is 9.36. The minimum absolute atomic E-state index is 0.0329. The number of esters is 1. The van der Waals surface area contributed by atoms with Crippen molar-refractivity contribution >= 4 is 29.5 Å². The monoisotopic (exact) mass is 484 g/mol. The van der Waals surface area contributed by atoms with Crippen molar-refractivity contribution in [2.75, 3.05) is 13.7 Å². The summed E-state index contributed by atoms with van der Waals surface area (Å²) < 4.78 is 43.2. The Morgan fingerprint density at radius 3 is 2.55 bits per heavy atom. The first kappa shape index (κ1) is 24.5. The molecule has 3 fully saturated rings. The zero-order valence-electron chi connectivity index (χ0n) is 19.1. The predicted molar refractivity (Wildman–Crippen MR) is 118 cm³/mol. The number of methoxy groups -OCH3 is 1. The lowest BCUT2D eigenvalue weighted by molar-refractivity contribution is -0.229. The van der Waals surface area contributed by atoms with Gasteiger partial charge in [0.25, 0.3) is 0 Å². The third-order valence-electron chi connectivity index (χ3n) is 9.02. The van der Waals surface area contributed by atoms with Gasteiger partial charge in [-0.2, -0.15) is 0 Å². The van der Waals surface area contributed by atoms with E-state index in [4.69, 9.17) is 9.47 Å². The average molecular weight is 485 g/mol. The van der Waals surface area contributed by atoms with E-state index in [0.29, 0.717) is 0 Å². The van der Waals surface area contributed by atoms with Gasteiger partial charge in [-0.3, -0.25) is 9.59 Å². The van der Waals surface area contributed by atoms with Gasteiger partial charge in [0.1, 0.15) is 12.8 Å². The Morgan fingerprint density at radius 2 is 1.94 bits per heavy atom. The minimum atomic E-state index is -2.27. The number of thiol groups is 1. The summed E-state index contributed by atoms with van der Waals surface area (Å²) in [5.41, 5.74) is -6.66. The van der Waals surface area contributed by atoms with Gasteiger partial charge in [-0.1, -0.05) is 19.9 Å². The van der Waals surface area contributed by atoms with Gasteiger partial charge in [-0.25, -0.2) is 13.6 Å². The Bertz CT molecular complexity index is 967. The van der Waals surface area contributed by atoms with Crippen LogP contribution in [0.4, 0.5) is 8.78 Å². The van der Waals surface area contributed by atoms with E-state index in [2.05, 4.69) is 12.6 Å². The normalized spacial score (nSPS) is 48.4. The van der Waals surface area contributed by atoms with E-state index in [0.717, 1.165) is 6.08 Å². The molecule has 3 saturated carbocycles. The van der Waals surface area contributed by atoms with Crippen molar-refractivity contribution in [2.24, 2.45) is 28.6 Å². The maximum atomic E-state index is 17.2. The van der Waals surface area contributed by atoms with E-state index < -0.39 is 69.0 Å². The van der Waals surface area contributed by atoms with Crippen LogP contribution in [0.15, 0.2) is 23.8 Å². The molecule has 0 unspecified atom stereocenters. The van der Waals surface area contributed by atoms with Crippen LogP contribution < -0.4 is 0 Å². The van der Waals surface area contributed by atoms with Gasteiger partial charge in [0, 0.05) is 29.8 Å². The number of fused-ring (bicyclic) bond motifs is 5. The predicted octanol–water partition coefficient (Wildman–Crippen LogP) is 2.94. The summed E-state index contributed by atoms with van der Waals surface area (Å²) in [6, 6.07) is 0. The summed E-state index contributed by atoms with van der Waals surface area (Å²) in [7, 11) is 1.32. The summed E-state index contributed by atoms with van der Waals surface area (Å²) in [6.07, 6.45) is 0.385. The molecule has 0 bridgehead atoms. The number of alkyl halides is 2. The highest BCUT2D eigenvalue weighted by Gasteiger charge is 2.77. The first-order valence-corrected chi connectivity index (χ1v) is 11.6. The summed E-state index contributed by atoms with van der Waals surface area (Å²) in [4.78, 5) is 37.3. The largest absolute Gasteiger partial charge is 0.447 e. The third kappa shape index (κ3) is 2.94. The smallest absolute Gasteiger partial charge is 0.333 e. The second-order valence-electron chi connectivity index (χ2n) is 10.4. The number of rotatable bonds is 4. The molecule has 0 aromatic heterocycles. The van der Waals surface area contributed by atoms with Gasteiger partial charge in [0.05, 0.1) is 6.10 Å². The Balaban J connectivity index is 1.85. The number of carbonyl (C=O) groups excluding carboxylic acids is 3. The van der Waals surface area contributed by atoms with E-state index in [-0.39, 0.29) is 31.4 Å². The molecule has 182 valence electrons. The standard InChI is InChI=1S/C24H30F2O6S/c1-12-7-14-15-9-17(25)16-8-13(27)5-6-21(16,2)23(15,26)18(28)10-22(14,3)24(12,20(30)33)32-19(29)11-31-4/h5-6,8,12,14-15,17-18,28H,7,9-11H2,1-4H3,(H,30,33)/t12-,14+,15+,17+,18+,21+,22+,23+,24+/m1/s1. The molecule has 0 aromatic rings. The fraction of sp³-hybridized carbons (Fsp3) is 0.708. The molecule has 0 saturated heterocycles. The molecule has 33 heavy (non-hydrogen) atoms. The van der Waals surface area contributed by atoms with E-state index in [1.807, 2.05) is 0 Å². The molecule has 4 rings (SSSR count). The van der Waals surface area contributed by atoms with Gasteiger partial charge < -0.3 is 14.6 Å². The van der Waals surface area contributed by atoms with Crippen molar-refractivity contribution in [3.63, 3.8) is 0 Å². The van der Waals surface area contributed by atoms with Crippen LogP contribution in [-0.4, -0.2) is 59.2 Å². The van der Waals surface area contributed by atoms with Crippen LogP contribution in [-0.2, 0) is 23.9 Å². The Kier molecular flexibility index (Phi) is 5.74. The van der Waals surface area contributed by atoms with Gasteiger partial charge in [0.15, 0.2) is 17.1 Å². The first-order valence-electron chi connectivity index (χ1n) is 11.2. The highest BCUT2D eigenvalue weighted by molar-refractivity contribution is 7.96. The van der Waals surface area contributed by atoms with Gasteiger partial charge in [-0.05, 0) is 49.8 Å². The Morgan fingerprint density at radius 1 is 1.27 bits per heavy atom. The quantitative estimate of drug-likeness (QED) is 0.471. The van der Waals surface area contributed by atoms with Crippen molar-refractivity contribution < 1.29 is 37.7 Å². The lowest BCUT2D eigenvalue weighted by atomic mass is 9.44. The van der Waals surface area contributed by atoms with Crippen LogP contribution in [0.3, 0.4) is 0 Å². The molecular formula is C24H30F2O6S. The molecule has 1 N–H and O–H groups in total. The number of halogens is 2. The van der Waals surface area contributed by atoms with E-state index >= 15 is 8.78 Å². The fourth-order valence-electron chi connectivity index (χ4n) is 7.57. The Hall–Kier alpha value is -1.58. The van der Waals surface area contributed by atoms with Crippen molar-refractivity contribution in [2.45, 2.75) is 63.6 Å². The van der Waals surface area contributed by atoms with Gasteiger partial charge in [0.2, 0.25) is 5.12 Å². The van der Waals surface area contributed by atoms with Crippen molar-refractivity contribution in [3.05, 3.63) is 23.8 Å². The number of carbonyl (C=O) groups is 3.